The molecule has 0 saturated carbocycles. The number of hydrazone groups is 1. The second-order valence-corrected chi connectivity index (χ2v) is 7.46. The summed E-state index contributed by atoms with van der Waals surface area (Å²) < 4.78 is 42.0. The summed E-state index contributed by atoms with van der Waals surface area (Å²) in [5.41, 5.74) is 4.13. The Bertz CT molecular complexity index is 993. The summed E-state index contributed by atoms with van der Waals surface area (Å²) >= 11 is 6.19. The molecule has 0 aliphatic carbocycles. The quantitative estimate of drug-likeness (QED) is 0.423. The average molecular weight is 440 g/mol. The molecule has 0 atom stereocenters. The second-order valence-electron chi connectivity index (χ2n) is 6.89. The third-order valence-corrected chi connectivity index (χ3v) is 5.16. The molecule has 1 amide bonds. The largest absolute Gasteiger partial charge is 0.416 e. The fraction of sp³-hybridized carbons (Fsp3) is 0.350. The summed E-state index contributed by atoms with van der Waals surface area (Å²) in [6, 6.07) is 5.60. The van der Waals surface area contributed by atoms with Crippen molar-refractivity contribution in [2.75, 3.05) is 6.54 Å². The van der Waals surface area contributed by atoms with Crippen molar-refractivity contribution < 1.29 is 18.0 Å². The highest BCUT2D eigenvalue weighted by atomic mass is 35.5. The predicted octanol–water partition coefficient (Wildman–Crippen LogP) is 3.82. The van der Waals surface area contributed by atoms with Crippen LogP contribution in [0.4, 0.5) is 13.2 Å². The third kappa shape index (κ3) is 4.67. The van der Waals surface area contributed by atoms with E-state index in [1.165, 1.54) is 18.3 Å². The predicted molar refractivity (Wildman–Crippen MR) is 108 cm³/mol. The number of allylic oxidation sites excluding steroid dienone is 2. The molecular weight excluding hydrogens is 419 g/mol. The second kappa shape index (κ2) is 8.91. The number of aryl methyl sites for hydroxylation is 1. The van der Waals surface area contributed by atoms with Crippen LogP contribution in [-0.4, -0.2) is 33.6 Å². The van der Waals surface area contributed by atoms with Crippen molar-refractivity contribution in [2.24, 2.45) is 5.10 Å². The van der Waals surface area contributed by atoms with Gasteiger partial charge in [-0.05, 0) is 25.5 Å². The van der Waals surface area contributed by atoms with Gasteiger partial charge in [-0.25, -0.2) is 10.4 Å². The first-order valence-electron chi connectivity index (χ1n) is 9.26. The number of hydrogen-bond donors (Lipinski definition) is 1. The number of nitrogens with zero attached hydrogens (tertiary/aromatic N) is 4. The molecule has 30 heavy (non-hydrogen) atoms. The zero-order valence-corrected chi connectivity index (χ0v) is 17.3. The van der Waals surface area contributed by atoms with E-state index >= 15 is 0 Å². The molecule has 10 heteroatoms. The monoisotopic (exact) mass is 439 g/mol. The zero-order valence-electron chi connectivity index (χ0n) is 16.5. The number of hydrogen-bond acceptors (Lipinski definition) is 4. The lowest BCUT2D eigenvalue weighted by Gasteiger charge is -2.30. The third-order valence-electron chi connectivity index (χ3n) is 4.96. The normalized spacial score (nSPS) is 15.2. The van der Waals surface area contributed by atoms with Gasteiger partial charge in [-0.1, -0.05) is 29.8 Å². The van der Waals surface area contributed by atoms with Gasteiger partial charge in [-0.3, -0.25) is 4.79 Å². The molecule has 1 aliphatic rings. The standard InChI is InChI=1S/C20H21ClF3N5O/c1-13(21)19(9-25-26-12-30)28-8-7-18-17(11-28)27-14(2)29(18)10-15-5-3-4-6-16(15)20(22,23)24/h3-6,9,12H,7-8,10-11H2,1-2H3,(H,26,30)/b19-13-,25-9-. The van der Waals surface area contributed by atoms with E-state index in [0.29, 0.717) is 42.5 Å². The number of amides is 1. The maximum absolute atomic E-state index is 13.4. The highest BCUT2D eigenvalue weighted by molar-refractivity contribution is 6.30. The maximum atomic E-state index is 13.4. The van der Waals surface area contributed by atoms with Gasteiger partial charge in [0, 0.05) is 30.2 Å². The van der Waals surface area contributed by atoms with Crippen molar-refractivity contribution in [3.05, 3.63) is 63.3 Å². The van der Waals surface area contributed by atoms with E-state index in [-0.39, 0.29) is 12.1 Å². The highest BCUT2D eigenvalue weighted by Gasteiger charge is 2.33. The number of halogens is 4. The Morgan fingerprint density at radius 2 is 2.10 bits per heavy atom. The lowest BCUT2D eigenvalue weighted by molar-refractivity contribution is -0.138. The van der Waals surface area contributed by atoms with Crippen LogP contribution in [0.1, 0.15) is 35.3 Å². The van der Waals surface area contributed by atoms with Crippen molar-refractivity contribution in [3.63, 3.8) is 0 Å². The molecule has 0 radical (unpaired) electrons. The van der Waals surface area contributed by atoms with Crippen LogP contribution in [0.2, 0.25) is 0 Å². The van der Waals surface area contributed by atoms with Gasteiger partial charge >= 0.3 is 6.18 Å². The Morgan fingerprint density at radius 1 is 1.37 bits per heavy atom. The van der Waals surface area contributed by atoms with Crippen molar-refractivity contribution >= 4 is 24.2 Å². The number of aromatic nitrogens is 2. The van der Waals surface area contributed by atoms with E-state index in [1.807, 2.05) is 9.47 Å². The smallest absolute Gasteiger partial charge is 0.363 e. The highest BCUT2D eigenvalue weighted by Crippen LogP contribution is 2.33. The van der Waals surface area contributed by atoms with E-state index in [4.69, 9.17) is 11.6 Å². The van der Waals surface area contributed by atoms with Crippen molar-refractivity contribution in [2.45, 2.75) is 39.5 Å². The first kappa shape index (κ1) is 21.9. The van der Waals surface area contributed by atoms with E-state index < -0.39 is 11.7 Å². The van der Waals surface area contributed by atoms with E-state index in [0.717, 1.165) is 17.5 Å². The number of carbonyl (C=O) groups is 1. The Balaban J connectivity index is 1.88. The van der Waals surface area contributed by atoms with E-state index in [2.05, 4.69) is 15.5 Å². The Kier molecular flexibility index (Phi) is 6.50. The molecule has 160 valence electrons. The Labute approximate surface area is 177 Å². The molecule has 1 aromatic heterocycles. The maximum Gasteiger partial charge on any atom is 0.416 e. The van der Waals surface area contributed by atoms with Gasteiger partial charge in [0.05, 0.1) is 29.7 Å². The molecule has 3 rings (SSSR count). The molecule has 0 fully saturated rings. The molecule has 1 N–H and O–H groups in total. The van der Waals surface area contributed by atoms with Crippen LogP contribution in [0.3, 0.4) is 0 Å². The number of alkyl halides is 3. The molecule has 2 heterocycles. The number of carbonyl (C=O) groups excluding carboxylic acids is 1. The minimum Gasteiger partial charge on any atom is -0.363 e. The molecule has 6 nitrogen and oxygen atoms in total. The molecule has 0 saturated heterocycles. The van der Waals surface area contributed by atoms with Gasteiger partial charge in [-0.2, -0.15) is 18.3 Å². The first-order valence-corrected chi connectivity index (χ1v) is 9.63. The fourth-order valence-electron chi connectivity index (χ4n) is 3.62. The molecule has 2 aromatic rings. The summed E-state index contributed by atoms with van der Waals surface area (Å²) in [5.74, 6) is 0.656. The molecule has 0 bridgehead atoms. The summed E-state index contributed by atoms with van der Waals surface area (Å²) in [4.78, 5) is 17.0. The van der Waals surface area contributed by atoms with Crippen LogP contribution in [0.25, 0.3) is 0 Å². The SMILES string of the molecule is C/C(Cl)=C(\C=N/NC=O)N1CCc2c(nc(C)n2Cc2ccccc2C(F)(F)F)C1. The molecule has 1 aliphatic heterocycles. The number of nitrogens with one attached hydrogen (secondary N) is 1. The number of fused-ring (bicyclic) bond motifs is 1. The van der Waals surface area contributed by atoms with E-state index in [1.54, 1.807) is 19.9 Å². The molecule has 0 spiro atoms. The lowest BCUT2D eigenvalue weighted by atomic mass is 10.1. The van der Waals surface area contributed by atoms with Crippen molar-refractivity contribution in [1.82, 2.24) is 19.9 Å². The summed E-state index contributed by atoms with van der Waals surface area (Å²) in [7, 11) is 0. The topological polar surface area (TPSA) is 62.5 Å². The van der Waals surface area contributed by atoms with Crippen LogP contribution in [0.15, 0.2) is 40.1 Å². The molecular formula is C20H21ClF3N5O. The van der Waals surface area contributed by atoms with Crippen LogP contribution >= 0.6 is 11.6 Å². The van der Waals surface area contributed by atoms with Crippen LogP contribution in [0.5, 0.6) is 0 Å². The first-order chi connectivity index (χ1) is 14.2. The summed E-state index contributed by atoms with van der Waals surface area (Å²) in [5, 5.41) is 4.30. The fourth-order valence-corrected chi connectivity index (χ4v) is 3.78. The zero-order chi connectivity index (χ0) is 21.9. The minimum absolute atomic E-state index is 0.103. The molecule has 0 unspecified atom stereocenters. The van der Waals surface area contributed by atoms with E-state index in [9.17, 15) is 18.0 Å². The number of benzene rings is 1. The average Bonchev–Trinajstić information content (AvgIpc) is 2.99. The van der Waals surface area contributed by atoms with Crippen LogP contribution < -0.4 is 5.43 Å². The van der Waals surface area contributed by atoms with Crippen LogP contribution in [-0.2, 0) is 30.5 Å². The van der Waals surface area contributed by atoms with Crippen molar-refractivity contribution in [3.8, 4) is 0 Å². The van der Waals surface area contributed by atoms with Gasteiger partial charge in [0.15, 0.2) is 0 Å². The number of rotatable bonds is 6. The Morgan fingerprint density at radius 3 is 2.77 bits per heavy atom. The summed E-state index contributed by atoms with van der Waals surface area (Å²) in [6.07, 6.45) is -1.90. The van der Waals surface area contributed by atoms with Crippen molar-refractivity contribution in [1.29, 1.82) is 0 Å². The van der Waals surface area contributed by atoms with Gasteiger partial charge in [-0.15, -0.1) is 0 Å². The summed E-state index contributed by atoms with van der Waals surface area (Å²) in [6.45, 7) is 4.64. The Hall–Kier alpha value is -2.81. The van der Waals surface area contributed by atoms with Gasteiger partial charge < -0.3 is 9.47 Å². The number of imidazole rings is 1. The minimum atomic E-state index is -4.41. The van der Waals surface area contributed by atoms with Gasteiger partial charge in [0.25, 0.3) is 0 Å². The van der Waals surface area contributed by atoms with Gasteiger partial charge in [0.2, 0.25) is 6.41 Å². The van der Waals surface area contributed by atoms with Crippen LogP contribution in [0, 0.1) is 6.92 Å². The van der Waals surface area contributed by atoms with Gasteiger partial charge in [0.1, 0.15) is 5.82 Å². The molecule has 1 aromatic carbocycles. The lowest BCUT2D eigenvalue weighted by Crippen LogP contribution is -2.32.